The van der Waals surface area contributed by atoms with Crippen LogP contribution in [-0.4, -0.2) is 10.9 Å². The highest BCUT2D eigenvalue weighted by molar-refractivity contribution is 7.09. The Bertz CT molecular complexity index is 667. The van der Waals surface area contributed by atoms with Crippen LogP contribution in [0.25, 0.3) is 0 Å². The minimum atomic E-state index is -0.104. The van der Waals surface area contributed by atoms with Crippen LogP contribution in [0.2, 0.25) is 0 Å². The molecule has 22 heavy (non-hydrogen) atoms. The number of carbonyl (C=O) groups excluding carboxylic acids is 1. The fourth-order valence-corrected chi connectivity index (χ4v) is 3.76. The maximum atomic E-state index is 12.4. The predicted molar refractivity (Wildman–Crippen MR) is 88.9 cm³/mol. The Hall–Kier alpha value is -1.72. The molecule has 2 atom stereocenters. The van der Waals surface area contributed by atoms with Gasteiger partial charge in [-0.3, -0.25) is 4.79 Å². The second-order valence-electron chi connectivity index (χ2n) is 5.70. The largest absolute Gasteiger partial charge is 0.344 e. The van der Waals surface area contributed by atoms with E-state index in [2.05, 4.69) is 28.5 Å². The Kier molecular flexibility index (Phi) is 4.55. The number of benzene rings is 1. The van der Waals surface area contributed by atoms with Gasteiger partial charge in [0, 0.05) is 5.38 Å². The lowest BCUT2D eigenvalue weighted by Gasteiger charge is -2.26. The second-order valence-corrected chi connectivity index (χ2v) is 6.59. The van der Waals surface area contributed by atoms with Crippen LogP contribution >= 0.6 is 11.3 Å². The van der Waals surface area contributed by atoms with Gasteiger partial charge < -0.3 is 11.1 Å². The van der Waals surface area contributed by atoms with Crippen molar-refractivity contribution in [2.24, 2.45) is 5.73 Å². The van der Waals surface area contributed by atoms with Crippen molar-refractivity contribution in [2.75, 3.05) is 0 Å². The standard InChI is InChI=1S/C17H21N3OS/c1-2-13(18)17-20-15(10-22-17)16(21)19-14-9-5-7-11-6-3-4-8-12(11)14/h3-4,6,8,10,13-14H,2,5,7,9,18H2,1H3,(H,19,21). The zero-order valence-corrected chi connectivity index (χ0v) is 13.5. The van der Waals surface area contributed by atoms with Gasteiger partial charge in [0.1, 0.15) is 10.7 Å². The van der Waals surface area contributed by atoms with Gasteiger partial charge in [-0.05, 0) is 36.8 Å². The molecule has 2 aromatic rings. The molecule has 4 nitrogen and oxygen atoms in total. The highest BCUT2D eigenvalue weighted by atomic mass is 32.1. The van der Waals surface area contributed by atoms with Gasteiger partial charge in [0.15, 0.2) is 0 Å². The lowest BCUT2D eigenvalue weighted by Crippen LogP contribution is -2.31. The lowest BCUT2D eigenvalue weighted by atomic mass is 9.88. The number of nitrogens with zero attached hydrogens (tertiary/aromatic N) is 1. The Labute approximate surface area is 134 Å². The molecule has 1 amide bonds. The van der Waals surface area contributed by atoms with E-state index in [4.69, 9.17) is 5.73 Å². The monoisotopic (exact) mass is 315 g/mol. The van der Waals surface area contributed by atoms with Gasteiger partial charge in [0.05, 0.1) is 12.1 Å². The highest BCUT2D eigenvalue weighted by Gasteiger charge is 2.23. The van der Waals surface area contributed by atoms with E-state index >= 15 is 0 Å². The van der Waals surface area contributed by atoms with E-state index in [9.17, 15) is 4.79 Å². The number of fused-ring (bicyclic) bond motifs is 1. The fraction of sp³-hybridized carbons (Fsp3) is 0.412. The van der Waals surface area contributed by atoms with Crippen LogP contribution in [0.3, 0.4) is 0 Å². The van der Waals surface area contributed by atoms with E-state index in [1.165, 1.54) is 22.5 Å². The smallest absolute Gasteiger partial charge is 0.271 e. The summed E-state index contributed by atoms with van der Waals surface area (Å²) in [5.41, 5.74) is 9.03. The second kappa shape index (κ2) is 6.58. The van der Waals surface area contributed by atoms with E-state index in [1.807, 2.05) is 13.0 Å². The molecular weight excluding hydrogens is 294 g/mol. The van der Waals surface area contributed by atoms with Crippen molar-refractivity contribution in [3.8, 4) is 0 Å². The molecule has 1 heterocycles. The van der Waals surface area contributed by atoms with E-state index in [-0.39, 0.29) is 18.0 Å². The summed E-state index contributed by atoms with van der Waals surface area (Å²) in [5, 5.41) is 5.76. The quantitative estimate of drug-likeness (QED) is 0.909. The first-order valence-electron chi connectivity index (χ1n) is 7.78. The maximum absolute atomic E-state index is 12.4. The first-order chi connectivity index (χ1) is 10.7. The van der Waals surface area contributed by atoms with E-state index in [0.717, 1.165) is 30.7 Å². The minimum Gasteiger partial charge on any atom is -0.344 e. The average molecular weight is 315 g/mol. The van der Waals surface area contributed by atoms with Gasteiger partial charge >= 0.3 is 0 Å². The van der Waals surface area contributed by atoms with Gasteiger partial charge in [-0.1, -0.05) is 31.2 Å². The Morgan fingerprint density at radius 2 is 2.32 bits per heavy atom. The Balaban J connectivity index is 1.74. The Morgan fingerprint density at radius 3 is 3.14 bits per heavy atom. The molecule has 116 valence electrons. The van der Waals surface area contributed by atoms with Crippen molar-refractivity contribution in [1.82, 2.24) is 10.3 Å². The number of rotatable bonds is 4. The first-order valence-corrected chi connectivity index (χ1v) is 8.66. The van der Waals surface area contributed by atoms with Crippen LogP contribution in [0.1, 0.15) is 64.9 Å². The van der Waals surface area contributed by atoms with E-state index < -0.39 is 0 Å². The van der Waals surface area contributed by atoms with Crippen molar-refractivity contribution in [3.05, 3.63) is 51.5 Å². The van der Waals surface area contributed by atoms with Crippen LogP contribution in [0, 0.1) is 0 Å². The molecule has 5 heteroatoms. The van der Waals surface area contributed by atoms with Gasteiger partial charge in [0.2, 0.25) is 0 Å². The molecule has 0 saturated heterocycles. The molecule has 1 aliphatic carbocycles. The molecule has 3 rings (SSSR count). The number of aromatic nitrogens is 1. The molecule has 1 aromatic heterocycles. The number of amides is 1. The third kappa shape index (κ3) is 3.05. The number of thiazole rings is 1. The zero-order chi connectivity index (χ0) is 15.5. The molecular formula is C17H21N3OS. The minimum absolute atomic E-state index is 0.0815. The summed E-state index contributed by atoms with van der Waals surface area (Å²) in [5.74, 6) is -0.104. The van der Waals surface area contributed by atoms with Crippen molar-refractivity contribution >= 4 is 17.2 Å². The number of aryl methyl sites for hydroxylation is 1. The lowest BCUT2D eigenvalue weighted by molar-refractivity contribution is 0.0928. The molecule has 0 fully saturated rings. The van der Waals surface area contributed by atoms with Crippen LogP contribution in [-0.2, 0) is 6.42 Å². The molecule has 3 N–H and O–H groups in total. The van der Waals surface area contributed by atoms with Crippen LogP contribution < -0.4 is 11.1 Å². The van der Waals surface area contributed by atoms with Crippen LogP contribution in [0.5, 0.6) is 0 Å². The zero-order valence-electron chi connectivity index (χ0n) is 12.7. The van der Waals surface area contributed by atoms with Crippen LogP contribution in [0.15, 0.2) is 29.6 Å². The summed E-state index contributed by atoms with van der Waals surface area (Å²) in [7, 11) is 0. The van der Waals surface area contributed by atoms with Gasteiger partial charge in [-0.15, -0.1) is 11.3 Å². The van der Waals surface area contributed by atoms with Crippen molar-refractivity contribution in [2.45, 2.75) is 44.7 Å². The summed E-state index contributed by atoms with van der Waals surface area (Å²) in [6.07, 6.45) is 4.00. The topological polar surface area (TPSA) is 68.0 Å². The molecule has 0 aliphatic heterocycles. The summed E-state index contributed by atoms with van der Waals surface area (Å²) in [6, 6.07) is 8.35. The highest BCUT2D eigenvalue weighted by Crippen LogP contribution is 2.29. The predicted octanol–water partition coefficient (Wildman–Crippen LogP) is 3.36. The summed E-state index contributed by atoms with van der Waals surface area (Å²) >= 11 is 1.46. The molecule has 0 radical (unpaired) electrons. The molecule has 0 saturated carbocycles. The average Bonchev–Trinajstić information content (AvgIpc) is 3.04. The molecule has 0 spiro atoms. The Morgan fingerprint density at radius 1 is 1.50 bits per heavy atom. The first kappa shape index (κ1) is 15.2. The van der Waals surface area contributed by atoms with Gasteiger partial charge in [-0.25, -0.2) is 4.98 Å². The number of nitrogens with two attached hydrogens (primary N) is 1. The van der Waals surface area contributed by atoms with Crippen molar-refractivity contribution in [1.29, 1.82) is 0 Å². The molecule has 2 unspecified atom stereocenters. The number of carbonyl (C=O) groups is 1. The van der Waals surface area contributed by atoms with E-state index in [1.54, 1.807) is 5.38 Å². The third-order valence-corrected chi connectivity index (χ3v) is 5.16. The maximum Gasteiger partial charge on any atom is 0.271 e. The third-order valence-electron chi connectivity index (χ3n) is 4.19. The molecule has 1 aliphatic rings. The summed E-state index contributed by atoms with van der Waals surface area (Å²) in [4.78, 5) is 16.8. The normalized spacial score (nSPS) is 18.5. The van der Waals surface area contributed by atoms with Gasteiger partial charge in [-0.2, -0.15) is 0 Å². The number of hydrogen-bond acceptors (Lipinski definition) is 4. The van der Waals surface area contributed by atoms with Crippen LogP contribution in [0.4, 0.5) is 0 Å². The molecule has 1 aromatic carbocycles. The van der Waals surface area contributed by atoms with Crippen molar-refractivity contribution < 1.29 is 4.79 Å². The number of nitrogens with one attached hydrogen (secondary N) is 1. The molecule has 0 bridgehead atoms. The summed E-state index contributed by atoms with van der Waals surface area (Å²) in [6.45, 7) is 2.02. The van der Waals surface area contributed by atoms with Crippen molar-refractivity contribution in [3.63, 3.8) is 0 Å². The number of hydrogen-bond donors (Lipinski definition) is 2. The van der Waals surface area contributed by atoms with E-state index in [0.29, 0.717) is 5.69 Å². The fourth-order valence-electron chi connectivity index (χ4n) is 2.87. The summed E-state index contributed by atoms with van der Waals surface area (Å²) < 4.78 is 0. The van der Waals surface area contributed by atoms with Gasteiger partial charge in [0.25, 0.3) is 5.91 Å². The SMILES string of the molecule is CCC(N)c1nc(C(=O)NC2CCCc3ccccc32)cs1.